The molecular formula is C14H10F4N2O4S. The highest BCUT2D eigenvalue weighted by atomic mass is 32.2. The van der Waals surface area contributed by atoms with Crippen molar-refractivity contribution in [3.05, 3.63) is 69.5 Å². The molecule has 2 aromatic carbocycles. The Morgan fingerprint density at radius 2 is 1.76 bits per heavy atom. The Morgan fingerprint density at radius 1 is 1.12 bits per heavy atom. The molecule has 6 nitrogen and oxygen atoms in total. The van der Waals surface area contributed by atoms with Crippen molar-refractivity contribution in [2.24, 2.45) is 0 Å². The number of hydrogen-bond donors (Lipinski definition) is 1. The van der Waals surface area contributed by atoms with Crippen molar-refractivity contribution in [1.29, 1.82) is 0 Å². The maximum atomic E-state index is 13.2. The average molecular weight is 378 g/mol. The van der Waals surface area contributed by atoms with Gasteiger partial charge in [-0.15, -0.1) is 0 Å². The zero-order valence-corrected chi connectivity index (χ0v) is 13.1. The van der Waals surface area contributed by atoms with Gasteiger partial charge in [0.1, 0.15) is 11.6 Å². The van der Waals surface area contributed by atoms with Crippen molar-refractivity contribution in [2.45, 2.75) is 11.9 Å². The van der Waals surface area contributed by atoms with Gasteiger partial charge in [-0.25, -0.2) is 12.8 Å². The first-order chi connectivity index (χ1) is 11.5. The normalized spacial score (nSPS) is 12.0. The number of sulfonamides is 1. The number of nitrogens with zero attached hydrogens (tertiary/aromatic N) is 1. The van der Waals surface area contributed by atoms with Crippen molar-refractivity contribution in [1.82, 2.24) is 0 Å². The van der Waals surface area contributed by atoms with Crippen LogP contribution < -0.4 is 4.72 Å². The molecule has 0 saturated heterocycles. The molecule has 0 radical (unpaired) electrons. The van der Waals surface area contributed by atoms with Gasteiger partial charge in [0.2, 0.25) is 10.0 Å². The number of anilines is 1. The van der Waals surface area contributed by atoms with Crippen LogP contribution in [0.15, 0.2) is 42.5 Å². The quantitative estimate of drug-likeness (QED) is 0.488. The topological polar surface area (TPSA) is 89.3 Å². The van der Waals surface area contributed by atoms with Crippen LogP contribution in [0.25, 0.3) is 0 Å². The van der Waals surface area contributed by atoms with Crippen LogP contribution in [0.1, 0.15) is 11.1 Å². The van der Waals surface area contributed by atoms with Crippen LogP contribution in [0, 0.1) is 15.9 Å². The van der Waals surface area contributed by atoms with Crippen molar-refractivity contribution in [3.63, 3.8) is 0 Å². The maximum Gasteiger partial charge on any atom is 0.419 e. The molecule has 0 saturated carbocycles. The third-order valence-electron chi connectivity index (χ3n) is 3.08. The van der Waals surface area contributed by atoms with Crippen molar-refractivity contribution in [3.8, 4) is 0 Å². The Labute approximate surface area is 139 Å². The zero-order chi connectivity index (χ0) is 18.8. The Balaban J connectivity index is 2.30. The Kier molecular flexibility index (Phi) is 4.97. The van der Waals surface area contributed by atoms with Crippen LogP contribution in [0.5, 0.6) is 0 Å². The van der Waals surface area contributed by atoms with Crippen LogP contribution in [-0.2, 0) is 22.0 Å². The predicted molar refractivity (Wildman–Crippen MR) is 80.7 cm³/mol. The van der Waals surface area contributed by atoms with E-state index in [4.69, 9.17) is 0 Å². The number of benzene rings is 2. The summed E-state index contributed by atoms with van der Waals surface area (Å²) in [6, 6.07) is 6.65. The molecular weight excluding hydrogens is 368 g/mol. The van der Waals surface area contributed by atoms with Crippen LogP contribution in [0.3, 0.4) is 0 Å². The summed E-state index contributed by atoms with van der Waals surface area (Å²) < 4.78 is 77.2. The molecule has 0 aromatic heterocycles. The van der Waals surface area contributed by atoms with Crippen molar-refractivity contribution >= 4 is 21.4 Å². The lowest BCUT2D eigenvalue weighted by Gasteiger charge is -2.12. The molecule has 25 heavy (non-hydrogen) atoms. The standard InChI is InChI=1S/C14H10F4N2O4S/c15-12-6-5-10(7-11(12)14(16,17)18)19-25(23,24)8-9-3-1-2-4-13(9)20(21)22/h1-7,19H,8H2. The smallest absolute Gasteiger partial charge is 0.283 e. The highest BCUT2D eigenvalue weighted by Gasteiger charge is 2.34. The van der Waals surface area contributed by atoms with E-state index in [9.17, 15) is 36.1 Å². The first kappa shape index (κ1) is 18.6. The number of rotatable bonds is 5. The monoisotopic (exact) mass is 378 g/mol. The first-order valence-corrected chi connectivity index (χ1v) is 8.24. The molecule has 0 unspecified atom stereocenters. The Hall–Kier alpha value is -2.69. The van der Waals surface area contributed by atoms with Gasteiger partial charge in [-0.05, 0) is 18.2 Å². The number of nitro groups is 1. The van der Waals surface area contributed by atoms with Crippen LogP contribution in [0.4, 0.5) is 28.9 Å². The van der Waals surface area contributed by atoms with E-state index in [1.165, 1.54) is 18.2 Å². The summed E-state index contributed by atoms with van der Waals surface area (Å²) >= 11 is 0. The molecule has 0 spiro atoms. The molecule has 134 valence electrons. The number of nitro benzene ring substituents is 1. The highest BCUT2D eigenvalue weighted by Crippen LogP contribution is 2.33. The summed E-state index contributed by atoms with van der Waals surface area (Å²) in [4.78, 5) is 10.1. The Morgan fingerprint density at radius 3 is 2.36 bits per heavy atom. The summed E-state index contributed by atoms with van der Waals surface area (Å²) in [6.07, 6.45) is -5.00. The van der Waals surface area contributed by atoms with Crippen molar-refractivity contribution in [2.75, 3.05) is 4.72 Å². The molecule has 11 heteroatoms. The lowest BCUT2D eigenvalue weighted by molar-refractivity contribution is -0.385. The van der Waals surface area contributed by atoms with E-state index in [0.717, 1.165) is 12.1 Å². The van der Waals surface area contributed by atoms with Crippen LogP contribution in [0.2, 0.25) is 0 Å². The van der Waals surface area contributed by atoms with E-state index in [0.29, 0.717) is 12.1 Å². The molecule has 0 heterocycles. The van der Waals surface area contributed by atoms with Crippen LogP contribution >= 0.6 is 0 Å². The average Bonchev–Trinajstić information content (AvgIpc) is 2.47. The SMILES string of the molecule is O=[N+]([O-])c1ccccc1CS(=O)(=O)Nc1ccc(F)c(C(F)(F)F)c1. The predicted octanol–water partition coefficient (Wildman–Crippen LogP) is 3.69. The summed E-state index contributed by atoms with van der Waals surface area (Å²) in [5, 5.41) is 10.9. The molecule has 2 rings (SSSR count). The molecule has 0 bridgehead atoms. The molecule has 0 aliphatic carbocycles. The van der Waals surface area contributed by atoms with Gasteiger partial charge in [-0.1, -0.05) is 18.2 Å². The summed E-state index contributed by atoms with van der Waals surface area (Å²) in [6.45, 7) is 0. The lowest BCUT2D eigenvalue weighted by atomic mass is 10.2. The molecule has 0 aliphatic rings. The van der Waals surface area contributed by atoms with Gasteiger partial charge < -0.3 is 0 Å². The van der Waals surface area contributed by atoms with Gasteiger partial charge in [0.05, 0.1) is 10.5 Å². The Bertz CT molecular complexity index is 913. The van der Waals surface area contributed by atoms with E-state index >= 15 is 0 Å². The fourth-order valence-electron chi connectivity index (χ4n) is 2.04. The van der Waals surface area contributed by atoms with E-state index in [1.54, 1.807) is 0 Å². The van der Waals surface area contributed by atoms with E-state index in [-0.39, 0.29) is 5.56 Å². The third kappa shape index (κ3) is 4.66. The second-order valence-corrected chi connectivity index (χ2v) is 6.66. The van der Waals surface area contributed by atoms with Gasteiger partial charge in [0, 0.05) is 17.3 Å². The maximum absolute atomic E-state index is 13.2. The molecule has 0 atom stereocenters. The van der Waals surface area contributed by atoms with Gasteiger partial charge in [-0.3, -0.25) is 14.8 Å². The number of hydrogen-bond acceptors (Lipinski definition) is 4. The summed E-state index contributed by atoms with van der Waals surface area (Å²) in [7, 11) is -4.26. The molecule has 0 amide bonds. The lowest BCUT2D eigenvalue weighted by Crippen LogP contribution is -2.17. The molecule has 1 N–H and O–H groups in total. The van der Waals surface area contributed by atoms with E-state index in [1.807, 2.05) is 4.72 Å². The second-order valence-electron chi connectivity index (χ2n) is 4.94. The largest absolute Gasteiger partial charge is 0.419 e. The third-order valence-corrected chi connectivity index (χ3v) is 4.32. The van der Waals surface area contributed by atoms with Gasteiger partial charge in [-0.2, -0.15) is 13.2 Å². The van der Waals surface area contributed by atoms with E-state index in [2.05, 4.69) is 0 Å². The number of alkyl halides is 3. The van der Waals surface area contributed by atoms with E-state index < -0.39 is 49.6 Å². The number of para-hydroxylation sites is 1. The van der Waals surface area contributed by atoms with Crippen LogP contribution in [-0.4, -0.2) is 13.3 Å². The summed E-state index contributed by atoms with van der Waals surface area (Å²) in [5.74, 6) is -2.38. The van der Waals surface area contributed by atoms with Gasteiger partial charge in [0.25, 0.3) is 5.69 Å². The molecule has 0 fully saturated rings. The minimum atomic E-state index is -5.00. The summed E-state index contributed by atoms with van der Waals surface area (Å²) in [5.41, 5.74) is -2.72. The minimum Gasteiger partial charge on any atom is -0.283 e. The second kappa shape index (κ2) is 6.67. The molecule has 0 aliphatic heterocycles. The van der Waals surface area contributed by atoms with Gasteiger partial charge in [0.15, 0.2) is 0 Å². The highest BCUT2D eigenvalue weighted by molar-refractivity contribution is 7.91. The zero-order valence-electron chi connectivity index (χ0n) is 12.2. The minimum absolute atomic E-state index is 0.141. The number of nitrogens with one attached hydrogen (secondary N) is 1. The van der Waals surface area contributed by atoms with Gasteiger partial charge >= 0.3 is 6.18 Å². The fourth-order valence-corrected chi connectivity index (χ4v) is 3.25. The van der Waals surface area contributed by atoms with Crippen molar-refractivity contribution < 1.29 is 30.9 Å². The number of halogens is 4. The molecule has 2 aromatic rings. The fraction of sp³-hybridized carbons (Fsp3) is 0.143. The first-order valence-electron chi connectivity index (χ1n) is 6.59.